The molecule has 27 heavy (non-hydrogen) atoms. The number of likely N-dealkylation sites (tertiary alicyclic amines) is 1. The maximum absolute atomic E-state index is 13.0. The van der Waals surface area contributed by atoms with Gasteiger partial charge in [0.2, 0.25) is 10.0 Å². The number of aryl methyl sites for hydroxylation is 1. The highest BCUT2D eigenvalue weighted by atomic mass is 32.2. The molecule has 7 nitrogen and oxygen atoms in total. The zero-order valence-electron chi connectivity index (χ0n) is 15.6. The van der Waals surface area contributed by atoms with E-state index in [0.29, 0.717) is 50.1 Å². The molecule has 1 aromatic rings. The number of nitrogens with zero attached hydrogens (tertiary/aromatic N) is 2. The predicted octanol–water partition coefficient (Wildman–Crippen LogP) is 2.11. The number of benzene rings is 1. The van der Waals surface area contributed by atoms with Crippen molar-refractivity contribution in [1.82, 2.24) is 9.21 Å². The van der Waals surface area contributed by atoms with Crippen LogP contribution in [0.15, 0.2) is 23.1 Å². The summed E-state index contributed by atoms with van der Waals surface area (Å²) in [7, 11) is -3.61. The van der Waals surface area contributed by atoms with Gasteiger partial charge in [0.1, 0.15) is 0 Å². The quantitative estimate of drug-likeness (QED) is 0.844. The molecule has 2 fully saturated rings. The van der Waals surface area contributed by atoms with E-state index in [1.807, 2.05) is 0 Å². The minimum atomic E-state index is -3.61. The second-order valence-electron chi connectivity index (χ2n) is 7.35. The molecule has 2 aliphatic rings. The van der Waals surface area contributed by atoms with Gasteiger partial charge >= 0.3 is 5.97 Å². The first kappa shape index (κ1) is 19.8. The number of hydrogen-bond donors (Lipinski definition) is 1. The van der Waals surface area contributed by atoms with E-state index in [4.69, 9.17) is 5.11 Å². The zero-order valence-corrected chi connectivity index (χ0v) is 16.4. The third-order valence-electron chi connectivity index (χ3n) is 5.50. The Morgan fingerprint density at radius 2 is 1.67 bits per heavy atom. The second kappa shape index (κ2) is 7.98. The molecule has 1 aromatic carbocycles. The van der Waals surface area contributed by atoms with Crippen molar-refractivity contribution in [3.8, 4) is 0 Å². The van der Waals surface area contributed by atoms with Gasteiger partial charge in [-0.2, -0.15) is 4.31 Å². The summed E-state index contributed by atoms with van der Waals surface area (Å²) in [5.41, 5.74) is 0.965. The lowest BCUT2D eigenvalue weighted by atomic mass is 9.96. The summed E-state index contributed by atoms with van der Waals surface area (Å²) in [6.45, 7) is 3.52. The number of carbonyl (C=O) groups excluding carboxylic acids is 1. The molecule has 1 amide bonds. The lowest BCUT2D eigenvalue weighted by Crippen LogP contribution is -2.40. The smallest absolute Gasteiger partial charge is 0.306 e. The molecule has 8 heteroatoms. The summed E-state index contributed by atoms with van der Waals surface area (Å²) in [4.78, 5) is 25.7. The fraction of sp³-hybridized carbons (Fsp3) is 0.579. The largest absolute Gasteiger partial charge is 0.481 e. The van der Waals surface area contributed by atoms with Gasteiger partial charge in [0.05, 0.1) is 10.8 Å². The molecule has 3 rings (SSSR count). The molecule has 0 saturated carbocycles. The first-order valence-corrected chi connectivity index (χ1v) is 10.9. The van der Waals surface area contributed by atoms with E-state index < -0.39 is 21.9 Å². The van der Waals surface area contributed by atoms with Crippen molar-refractivity contribution in [1.29, 1.82) is 0 Å². The van der Waals surface area contributed by atoms with E-state index in [-0.39, 0.29) is 10.8 Å². The summed E-state index contributed by atoms with van der Waals surface area (Å²) in [5.74, 6) is -1.48. The SMILES string of the molecule is Cc1ccc(C(=O)N2CCC(C(=O)O)CC2)cc1S(=O)(=O)N1CCCCC1. The average Bonchev–Trinajstić information content (AvgIpc) is 2.68. The topological polar surface area (TPSA) is 95.0 Å². The third-order valence-corrected chi connectivity index (χ3v) is 7.54. The zero-order chi connectivity index (χ0) is 19.6. The molecular weight excluding hydrogens is 368 g/mol. The number of piperidine rings is 2. The van der Waals surface area contributed by atoms with Crippen molar-refractivity contribution >= 4 is 21.9 Å². The predicted molar refractivity (Wildman–Crippen MR) is 100 cm³/mol. The summed E-state index contributed by atoms with van der Waals surface area (Å²) < 4.78 is 27.5. The molecule has 0 atom stereocenters. The van der Waals surface area contributed by atoms with Gasteiger partial charge in [-0.25, -0.2) is 8.42 Å². The first-order chi connectivity index (χ1) is 12.8. The van der Waals surface area contributed by atoms with E-state index in [1.165, 1.54) is 10.4 Å². The Kier molecular flexibility index (Phi) is 5.86. The van der Waals surface area contributed by atoms with Crippen molar-refractivity contribution in [3.63, 3.8) is 0 Å². The number of carbonyl (C=O) groups is 2. The van der Waals surface area contributed by atoms with E-state index in [1.54, 1.807) is 24.0 Å². The van der Waals surface area contributed by atoms with Gasteiger partial charge in [-0.05, 0) is 50.3 Å². The van der Waals surface area contributed by atoms with Crippen LogP contribution in [0.5, 0.6) is 0 Å². The van der Waals surface area contributed by atoms with Crippen molar-refractivity contribution in [2.45, 2.75) is 43.9 Å². The lowest BCUT2D eigenvalue weighted by Gasteiger charge is -2.30. The molecule has 2 saturated heterocycles. The van der Waals surface area contributed by atoms with Crippen LogP contribution in [0.1, 0.15) is 48.0 Å². The average molecular weight is 394 g/mol. The highest BCUT2D eigenvalue weighted by Gasteiger charge is 2.30. The van der Waals surface area contributed by atoms with Crippen LogP contribution in [0, 0.1) is 12.8 Å². The van der Waals surface area contributed by atoms with Crippen LogP contribution in [0.2, 0.25) is 0 Å². The highest BCUT2D eigenvalue weighted by Crippen LogP contribution is 2.26. The molecule has 0 aromatic heterocycles. The van der Waals surface area contributed by atoms with Crippen molar-refractivity contribution in [2.75, 3.05) is 26.2 Å². The molecule has 0 spiro atoms. The van der Waals surface area contributed by atoms with Gasteiger partial charge in [0.25, 0.3) is 5.91 Å². The van der Waals surface area contributed by atoms with Crippen LogP contribution in [0.3, 0.4) is 0 Å². The van der Waals surface area contributed by atoms with E-state index in [2.05, 4.69) is 0 Å². The summed E-state index contributed by atoms with van der Waals surface area (Å²) in [6.07, 6.45) is 3.60. The van der Waals surface area contributed by atoms with Gasteiger partial charge in [-0.15, -0.1) is 0 Å². The van der Waals surface area contributed by atoms with Crippen molar-refractivity contribution < 1.29 is 23.1 Å². The van der Waals surface area contributed by atoms with Crippen LogP contribution in [-0.4, -0.2) is 60.8 Å². The second-order valence-corrected chi connectivity index (χ2v) is 9.26. The maximum Gasteiger partial charge on any atom is 0.306 e. The minimum absolute atomic E-state index is 0.190. The monoisotopic (exact) mass is 394 g/mol. The summed E-state index contributed by atoms with van der Waals surface area (Å²) in [5, 5.41) is 9.09. The molecule has 0 unspecified atom stereocenters. The van der Waals surface area contributed by atoms with Gasteiger partial charge < -0.3 is 10.0 Å². The number of hydrogen-bond acceptors (Lipinski definition) is 4. The number of amides is 1. The Bertz CT molecular complexity index is 823. The van der Waals surface area contributed by atoms with Crippen LogP contribution >= 0.6 is 0 Å². The number of carboxylic acid groups (broad SMARTS) is 1. The van der Waals surface area contributed by atoms with Gasteiger partial charge in [0, 0.05) is 31.7 Å². The first-order valence-electron chi connectivity index (χ1n) is 9.43. The van der Waals surface area contributed by atoms with Crippen LogP contribution in [0.4, 0.5) is 0 Å². The summed E-state index contributed by atoms with van der Waals surface area (Å²) >= 11 is 0. The molecule has 2 heterocycles. The molecule has 0 aliphatic carbocycles. The Balaban J connectivity index is 1.81. The fourth-order valence-corrected chi connectivity index (χ4v) is 5.54. The van der Waals surface area contributed by atoms with E-state index >= 15 is 0 Å². The lowest BCUT2D eigenvalue weighted by molar-refractivity contribution is -0.143. The van der Waals surface area contributed by atoms with Crippen LogP contribution in [0.25, 0.3) is 0 Å². The number of sulfonamides is 1. The van der Waals surface area contributed by atoms with E-state index in [0.717, 1.165) is 19.3 Å². The maximum atomic E-state index is 13.0. The Hall–Kier alpha value is -1.93. The normalized spacial score (nSPS) is 19.8. The molecule has 0 bridgehead atoms. The number of carboxylic acids is 1. The highest BCUT2D eigenvalue weighted by molar-refractivity contribution is 7.89. The standard InChI is InChI=1S/C19H26N2O5S/c1-14-5-6-16(18(22)20-11-7-15(8-12-20)19(23)24)13-17(14)27(25,26)21-9-3-2-4-10-21/h5-6,13,15H,2-4,7-12H2,1H3,(H,23,24). The van der Waals surface area contributed by atoms with E-state index in [9.17, 15) is 18.0 Å². The Morgan fingerprint density at radius 1 is 1.04 bits per heavy atom. The van der Waals surface area contributed by atoms with Crippen molar-refractivity contribution in [2.24, 2.45) is 5.92 Å². The Morgan fingerprint density at radius 3 is 2.26 bits per heavy atom. The minimum Gasteiger partial charge on any atom is -0.481 e. The number of aliphatic carboxylic acids is 1. The number of rotatable bonds is 4. The van der Waals surface area contributed by atoms with Crippen LogP contribution < -0.4 is 0 Å². The molecule has 1 N–H and O–H groups in total. The Labute approximate surface area is 160 Å². The molecular formula is C19H26N2O5S. The van der Waals surface area contributed by atoms with Crippen molar-refractivity contribution in [3.05, 3.63) is 29.3 Å². The molecule has 2 aliphatic heterocycles. The fourth-order valence-electron chi connectivity index (χ4n) is 3.77. The molecule has 0 radical (unpaired) electrons. The molecule has 148 valence electrons. The van der Waals surface area contributed by atoms with Crippen LogP contribution in [-0.2, 0) is 14.8 Å². The van der Waals surface area contributed by atoms with Gasteiger partial charge in [-0.1, -0.05) is 12.5 Å². The summed E-state index contributed by atoms with van der Waals surface area (Å²) in [6, 6.07) is 4.80. The third kappa shape index (κ3) is 4.16. The van der Waals surface area contributed by atoms with Gasteiger partial charge in [0.15, 0.2) is 0 Å². The van der Waals surface area contributed by atoms with Gasteiger partial charge in [-0.3, -0.25) is 9.59 Å².